The molecule has 6 heterocycles. The SMILES string of the molecule is CN1CCN(C(=O)c2csc(Nc3nc(O[C@H]4CCOC4)c4c(ccn4-c4cnn(C)c4)n3)c2)CC1. The zero-order valence-electron chi connectivity index (χ0n) is 20.3. The van der Waals surface area contributed by atoms with Crippen LogP contribution < -0.4 is 10.1 Å². The number of rotatable bonds is 6. The van der Waals surface area contributed by atoms with Crippen molar-refractivity contribution in [2.24, 2.45) is 7.05 Å². The number of carbonyl (C=O) groups excluding carboxylic acids is 1. The van der Waals surface area contributed by atoms with E-state index in [1.807, 2.05) is 46.4 Å². The van der Waals surface area contributed by atoms with E-state index in [0.29, 0.717) is 30.6 Å². The molecule has 4 aromatic heterocycles. The zero-order valence-corrected chi connectivity index (χ0v) is 21.1. The van der Waals surface area contributed by atoms with Gasteiger partial charge in [0, 0.05) is 57.4 Å². The van der Waals surface area contributed by atoms with E-state index >= 15 is 0 Å². The molecule has 4 aromatic rings. The number of likely N-dealkylation sites (N-methyl/N-ethyl adjacent to an activating group) is 1. The second-order valence-corrected chi connectivity index (χ2v) is 10.1. The van der Waals surface area contributed by atoms with Crippen LogP contribution in [0, 0.1) is 0 Å². The van der Waals surface area contributed by atoms with E-state index in [2.05, 4.69) is 22.4 Å². The summed E-state index contributed by atoms with van der Waals surface area (Å²) in [5.41, 5.74) is 3.10. The van der Waals surface area contributed by atoms with E-state index in [1.54, 1.807) is 10.9 Å². The number of hydrogen-bond donors (Lipinski definition) is 1. The summed E-state index contributed by atoms with van der Waals surface area (Å²) in [5.74, 6) is 0.959. The largest absolute Gasteiger partial charge is 0.470 e. The molecule has 2 fully saturated rings. The van der Waals surface area contributed by atoms with Gasteiger partial charge in [0.05, 0.1) is 41.2 Å². The lowest BCUT2D eigenvalue weighted by atomic mass is 10.2. The molecule has 2 saturated heterocycles. The summed E-state index contributed by atoms with van der Waals surface area (Å²) in [6.07, 6.45) is 6.40. The number of hydrogen-bond acceptors (Lipinski definition) is 9. The van der Waals surface area contributed by atoms with Crippen molar-refractivity contribution in [2.45, 2.75) is 12.5 Å². The molecule has 1 N–H and O–H groups in total. The number of nitrogens with one attached hydrogen (secondary N) is 1. The van der Waals surface area contributed by atoms with Gasteiger partial charge in [-0.05, 0) is 19.2 Å². The Hall–Kier alpha value is -3.48. The van der Waals surface area contributed by atoms with Crippen LogP contribution in [0.4, 0.5) is 10.9 Å². The van der Waals surface area contributed by atoms with Crippen molar-refractivity contribution in [3.63, 3.8) is 0 Å². The van der Waals surface area contributed by atoms with Crippen LogP contribution >= 0.6 is 11.3 Å². The molecule has 2 aliphatic heterocycles. The standard InChI is InChI=1S/C24H28N8O3S/c1-29-6-8-31(9-7-29)23(33)16-11-20(36-15-16)27-24-26-19-3-5-32(17-12-25-30(2)13-17)21(19)22(28-24)35-18-4-10-34-14-18/h3,5,11-13,15,18H,4,6-10,14H2,1-2H3,(H,26,27,28)/t18-/m0/s1. The Labute approximate surface area is 212 Å². The number of amides is 1. The van der Waals surface area contributed by atoms with Gasteiger partial charge in [0.1, 0.15) is 11.6 Å². The molecule has 0 spiro atoms. The third kappa shape index (κ3) is 4.54. The van der Waals surface area contributed by atoms with E-state index in [9.17, 15) is 4.79 Å². The Bertz CT molecular complexity index is 1380. The Morgan fingerprint density at radius 1 is 1.22 bits per heavy atom. The third-order valence-corrected chi connectivity index (χ3v) is 7.35. The van der Waals surface area contributed by atoms with Crippen molar-refractivity contribution < 1.29 is 14.3 Å². The first-order valence-electron chi connectivity index (χ1n) is 12.0. The highest BCUT2D eigenvalue weighted by atomic mass is 32.1. The lowest BCUT2D eigenvalue weighted by molar-refractivity contribution is 0.0664. The highest BCUT2D eigenvalue weighted by Gasteiger charge is 2.24. The first-order chi connectivity index (χ1) is 17.5. The van der Waals surface area contributed by atoms with Crippen LogP contribution in [-0.2, 0) is 11.8 Å². The van der Waals surface area contributed by atoms with Gasteiger partial charge in [-0.15, -0.1) is 11.3 Å². The third-order valence-electron chi connectivity index (χ3n) is 6.51. The van der Waals surface area contributed by atoms with E-state index in [4.69, 9.17) is 19.4 Å². The second kappa shape index (κ2) is 9.52. The molecule has 1 atom stereocenters. The molecule has 2 aliphatic rings. The fourth-order valence-corrected chi connectivity index (χ4v) is 5.25. The summed E-state index contributed by atoms with van der Waals surface area (Å²) < 4.78 is 15.5. The molecular formula is C24H28N8O3S. The normalized spacial score (nSPS) is 18.7. The van der Waals surface area contributed by atoms with Crippen LogP contribution in [0.25, 0.3) is 16.7 Å². The summed E-state index contributed by atoms with van der Waals surface area (Å²) in [4.78, 5) is 26.6. The number of piperazine rings is 1. The van der Waals surface area contributed by atoms with E-state index < -0.39 is 0 Å². The predicted molar refractivity (Wildman–Crippen MR) is 136 cm³/mol. The Balaban J connectivity index is 1.28. The predicted octanol–water partition coefficient (Wildman–Crippen LogP) is 2.51. The summed E-state index contributed by atoms with van der Waals surface area (Å²) in [5, 5.41) is 10.3. The number of carbonyl (C=O) groups is 1. The minimum atomic E-state index is -0.0669. The average molecular weight is 509 g/mol. The Kier molecular flexibility index (Phi) is 6.07. The number of thiophene rings is 1. The van der Waals surface area contributed by atoms with Gasteiger partial charge in [-0.3, -0.25) is 9.48 Å². The van der Waals surface area contributed by atoms with Crippen LogP contribution in [0.1, 0.15) is 16.8 Å². The van der Waals surface area contributed by atoms with Crippen LogP contribution in [-0.4, -0.2) is 92.6 Å². The minimum absolute atomic E-state index is 0.0579. The maximum atomic E-state index is 12.9. The first-order valence-corrected chi connectivity index (χ1v) is 12.9. The Morgan fingerprint density at radius 2 is 2.08 bits per heavy atom. The number of aromatic nitrogens is 5. The van der Waals surface area contributed by atoms with Gasteiger partial charge in [-0.2, -0.15) is 10.1 Å². The molecule has 0 saturated carbocycles. The number of nitrogens with zero attached hydrogens (tertiary/aromatic N) is 7. The smallest absolute Gasteiger partial charge is 0.254 e. The van der Waals surface area contributed by atoms with E-state index in [-0.39, 0.29) is 12.0 Å². The van der Waals surface area contributed by atoms with Crippen molar-refractivity contribution >= 4 is 39.2 Å². The van der Waals surface area contributed by atoms with Crippen LogP contribution in [0.2, 0.25) is 0 Å². The molecule has 0 aromatic carbocycles. The quantitative estimate of drug-likeness (QED) is 0.424. The maximum absolute atomic E-state index is 12.9. The molecule has 188 valence electrons. The molecular weight excluding hydrogens is 480 g/mol. The van der Waals surface area contributed by atoms with Gasteiger partial charge in [0.15, 0.2) is 0 Å². The number of anilines is 2. The first kappa shape index (κ1) is 23.0. The molecule has 0 aliphatic carbocycles. The van der Waals surface area contributed by atoms with E-state index in [1.165, 1.54) is 11.3 Å². The molecule has 6 rings (SSSR count). The molecule has 0 bridgehead atoms. The van der Waals surface area contributed by atoms with Crippen molar-refractivity contribution in [3.05, 3.63) is 41.7 Å². The zero-order chi connectivity index (χ0) is 24.6. The van der Waals surface area contributed by atoms with Crippen LogP contribution in [0.3, 0.4) is 0 Å². The molecule has 0 unspecified atom stereocenters. The molecule has 1 amide bonds. The lowest BCUT2D eigenvalue weighted by Crippen LogP contribution is -2.47. The highest BCUT2D eigenvalue weighted by molar-refractivity contribution is 7.14. The van der Waals surface area contributed by atoms with Gasteiger partial charge >= 0.3 is 0 Å². The summed E-state index contributed by atoms with van der Waals surface area (Å²) in [6, 6.07) is 3.80. The lowest BCUT2D eigenvalue weighted by Gasteiger charge is -2.32. The fourth-order valence-electron chi connectivity index (χ4n) is 4.48. The Morgan fingerprint density at radius 3 is 2.83 bits per heavy atom. The van der Waals surface area contributed by atoms with E-state index in [0.717, 1.165) is 54.3 Å². The second-order valence-electron chi connectivity index (χ2n) is 9.17. The summed E-state index contributed by atoms with van der Waals surface area (Å²) in [7, 11) is 3.96. The van der Waals surface area contributed by atoms with Crippen molar-refractivity contribution in [3.8, 4) is 11.6 Å². The van der Waals surface area contributed by atoms with Crippen molar-refractivity contribution in [2.75, 3.05) is 51.8 Å². The molecule has 0 radical (unpaired) electrons. The molecule has 36 heavy (non-hydrogen) atoms. The summed E-state index contributed by atoms with van der Waals surface area (Å²) >= 11 is 1.46. The van der Waals surface area contributed by atoms with Gasteiger partial charge in [0.2, 0.25) is 11.8 Å². The molecule has 11 nitrogen and oxygen atoms in total. The van der Waals surface area contributed by atoms with Gasteiger partial charge in [-0.25, -0.2) is 4.98 Å². The van der Waals surface area contributed by atoms with Crippen LogP contribution in [0.15, 0.2) is 36.1 Å². The maximum Gasteiger partial charge on any atom is 0.254 e. The van der Waals surface area contributed by atoms with Crippen LogP contribution in [0.5, 0.6) is 5.88 Å². The average Bonchev–Trinajstić information content (AvgIpc) is 3.67. The highest BCUT2D eigenvalue weighted by Crippen LogP contribution is 2.32. The fraction of sp³-hybridized carbons (Fsp3) is 0.417. The minimum Gasteiger partial charge on any atom is -0.470 e. The number of ether oxygens (including phenoxy) is 2. The van der Waals surface area contributed by atoms with Crippen molar-refractivity contribution in [1.82, 2.24) is 34.1 Å². The van der Waals surface area contributed by atoms with Gasteiger partial charge in [0.25, 0.3) is 5.91 Å². The van der Waals surface area contributed by atoms with Crippen molar-refractivity contribution in [1.29, 1.82) is 0 Å². The topological polar surface area (TPSA) is 103 Å². The number of fused-ring (bicyclic) bond motifs is 1. The van der Waals surface area contributed by atoms with Gasteiger partial charge in [-0.1, -0.05) is 0 Å². The number of aryl methyl sites for hydroxylation is 1. The molecule has 12 heteroatoms. The summed E-state index contributed by atoms with van der Waals surface area (Å²) in [6.45, 7) is 4.47. The van der Waals surface area contributed by atoms with Gasteiger partial charge < -0.3 is 29.2 Å². The monoisotopic (exact) mass is 508 g/mol.